The third-order valence-electron chi connectivity index (χ3n) is 3.97. The van der Waals surface area contributed by atoms with E-state index in [1.54, 1.807) is 0 Å². The average molecular weight is 345 g/mol. The highest BCUT2D eigenvalue weighted by Crippen LogP contribution is 2.27. The van der Waals surface area contributed by atoms with Gasteiger partial charge >= 0.3 is 5.97 Å². The Hall–Kier alpha value is -1.84. The molecule has 23 heavy (non-hydrogen) atoms. The smallest absolute Gasteiger partial charge is 0.326 e. The molecule has 1 aliphatic rings. The summed E-state index contributed by atoms with van der Waals surface area (Å²) in [5.74, 6) is -1.96. The molecule has 10 heteroatoms. The molecular weight excluding hydrogens is 322 g/mol. The van der Waals surface area contributed by atoms with E-state index in [4.69, 9.17) is 11.1 Å². The minimum absolute atomic E-state index is 0.0990. The normalized spacial score (nSPS) is 20.4. The Morgan fingerprint density at radius 2 is 2.17 bits per heavy atom. The van der Waals surface area contributed by atoms with Crippen LogP contribution >= 0.6 is 12.6 Å². The van der Waals surface area contributed by atoms with Gasteiger partial charge in [0.05, 0.1) is 0 Å². The van der Waals surface area contributed by atoms with Crippen LogP contribution in [0.15, 0.2) is 5.18 Å². The molecule has 2 unspecified atom stereocenters. The van der Waals surface area contributed by atoms with Gasteiger partial charge in [-0.3, -0.25) is 10.2 Å². The van der Waals surface area contributed by atoms with E-state index < -0.39 is 23.5 Å². The molecule has 0 aromatic rings. The summed E-state index contributed by atoms with van der Waals surface area (Å²) in [4.78, 5) is 36.7. The summed E-state index contributed by atoms with van der Waals surface area (Å²) in [6.07, 6.45) is 2.29. The van der Waals surface area contributed by atoms with Crippen molar-refractivity contribution in [2.75, 3.05) is 18.8 Å². The SMILES string of the molecule is N=C(N)NCCCC(CS)(N=O)C(=O)N1CCCCC1C(=O)O. The number of nitrogens with two attached hydrogens (primary N) is 1. The van der Waals surface area contributed by atoms with Crippen molar-refractivity contribution in [3.63, 3.8) is 0 Å². The number of aliphatic carboxylic acids is 1. The number of amides is 1. The van der Waals surface area contributed by atoms with Crippen molar-refractivity contribution < 1.29 is 14.7 Å². The molecule has 0 spiro atoms. The molecule has 0 saturated carbocycles. The van der Waals surface area contributed by atoms with Crippen LogP contribution in [0.25, 0.3) is 0 Å². The number of thiol groups is 1. The second kappa shape index (κ2) is 8.70. The van der Waals surface area contributed by atoms with E-state index in [2.05, 4.69) is 23.1 Å². The summed E-state index contributed by atoms with van der Waals surface area (Å²) >= 11 is 4.09. The molecule has 1 aliphatic heterocycles. The Morgan fingerprint density at radius 1 is 1.48 bits per heavy atom. The Balaban J connectivity index is 2.84. The van der Waals surface area contributed by atoms with E-state index >= 15 is 0 Å². The van der Waals surface area contributed by atoms with Gasteiger partial charge in [0.2, 0.25) is 0 Å². The number of nitrogens with zero attached hydrogens (tertiary/aromatic N) is 2. The molecule has 1 fully saturated rings. The van der Waals surface area contributed by atoms with Crippen LogP contribution in [0.2, 0.25) is 0 Å². The zero-order valence-corrected chi connectivity index (χ0v) is 13.7. The number of carbonyl (C=O) groups excluding carboxylic acids is 1. The van der Waals surface area contributed by atoms with Crippen molar-refractivity contribution in [2.45, 2.75) is 43.7 Å². The predicted molar refractivity (Wildman–Crippen MR) is 88.5 cm³/mol. The van der Waals surface area contributed by atoms with E-state index in [0.717, 1.165) is 6.42 Å². The lowest BCUT2D eigenvalue weighted by Gasteiger charge is -2.37. The highest BCUT2D eigenvalue weighted by Gasteiger charge is 2.45. The molecule has 0 bridgehead atoms. The zero-order chi connectivity index (χ0) is 17.5. The van der Waals surface area contributed by atoms with Crippen LogP contribution in [-0.4, -0.2) is 58.3 Å². The molecule has 1 heterocycles. The van der Waals surface area contributed by atoms with Gasteiger partial charge in [-0.15, -0.1) is 4.91 Å². The number of piperidine rings is 1. The van der Waals surface area contributed by atoms with E-state index in [1.807, 2.05) is 0 Å². The number of hydrogen-bond acceptors (Lipinski definition) is 6. The molecular formula is C13H23N5O4S. The summed E-state index contributed by atoms with van der Waals surface area (Å²) < 4.78 is 0. The van der Waals surface area contributed by atoms with Gasteiger partial charge in [0.25, 0.3) is 5.91 Å². The minimum atomic E-state index is -1.59. The summed E-state index contributed by atoms with van der Waals surface area (Å²) in [7, 11) is 0. The quantitative estimate of drug-likeness (QED) is 0.139. The second-order valence-corrected chi connectivity index (χ2v) is 5.89. The number of nitroso groups, excluding NO2 is 1. The van der Waals surface area contributed by atoms with Crippen molar-refractivity contribution in [3.05, 3.63) is 4.91 Å². The van der Waals surface area contributed by atoms with Crippen molar-refractivity contribution in [1.29, 1.82) is 5.41 Å². The second-order valence-electron chi connectivity index (χ2n) is 5.57. The van der Waals surface area contributed by atoms with Gasteiger partial charge in [0.15, 0.2) is 11.5 Å². The molecule has 1 rings (SSSR count). The molecule has 9 nitrogen and oxygen atoms in total. The first-order valence-electron chi connectivity index (χ1n) is 7.45. The van der Waals surface area contributed by atoms with Gasteiger partial charge in [-0.05, 0) is 32.1 Å². The van der Waals surface area contributed by atoms with Gasteiger partial charge in [0.1, 0.15) is 6.04 Å². The maximum Gasteiger partial charge on any atom is 0.326 e. The predicted octanol–water partition coefficient (Wildman–Crippen LogP) is 0.150. The molecule has 0 aliphatic carbocycles. The lowest BCUT2D eigenvalue weighted by Crippen LogP contribution is -2.56. The number of rotatable bonds is 8. The maximum absolute atomic E-state index is 12.8. The summed E-state index contributed by atoms with van der Waals surface area (Å²) in [6.45, 7) is 0.614. The van der Waals surface area contributed by atoms with Crippen molar-refractivity contribution in [1.82, 2.24) is 10.2 Å². The first kappa shape index (κ1) is 19.2. The van der Waals surface area contributed by atoms with Gasteiger partial charge in [-0.25, -0.2) is 4.79 Å². The Labute approximate surface area is 139 Å². The number of carbonyl (C=O) groups is 2. The fourth-order valence-corrected chi connectivity index (χ4v) is 3.02. The molecule has 130 valence electrons. The third kappa shape index (κ3) is 4.81. The highest BCUT2D eigenvalue weighted by molar-refractivity contribution is 7.80. The monoisotopic (exact) mass is 345 g/mol. The number of carboxylic acids is 1. The Kier molecular flexibility index (Phi) is 7.27. The van der Waals surface area contributed by atoms with Crippen LogP contribution in [0.3, 0.4) is 0 Å². The van der Waals surface area contributed by atoms with Crippen molar-refractivity contribution >= 4 is 30.5 Å². The first-order chi connectivity index (χ1) is 10.9. The lowest BCUT2D eigenvalue weighted by molar-refractivity contribution is -0.154. The molecule has 0 aromatic heterocycles. The number of guanidine groups is 1. The number of likely N-dealkylation sites (tertiary alicyclic amines) is 1. The van der Waals surface area contributed by atoms with Crippen LogP contribution in [0.1, 0.15) is 32.1 Å². The summed E-state index contributed by atoms with van der Waals surface area (Å²) in [5, 5.41) is 21.9. The topological polar surface area (TPSA) is 149 Å². The van der Waals surface area contributed by atoms with Crippen LogP contribution in [0, 0.1) is 10.3 Å². The minimum Gasteiger partial charge on any atom is -0.480 e. The summed E-state index contributed by atoms with van der Waals surface area (Å²) in [5.41, 5.74) is 3.58. The molecule has 0 radical (unpaired) electrons. The van der Waals surface area contributed by atoms with E-state index in [0.29, 0.717) is 32.4 Å². The number of nitrogens with one attached hydrogen (secondary N) is 2. The average Bonchev–Trinajstić information content (AvgIpc) is 2.54. The molecule has 1 amide bonds. The third-order valence-corrected chi connectivity index (χ3v) is 4.49. The highest BCUT2D eigenvalue weighted by atomic mass is 32.1. The molecule has 0 aromatic carbocycles. The van der Waals surface area contributed by atoms with Crippen molar-refractivity contribution in [3.8, 4) is 0 Å². The van der Waals surface area contributed by atoms with Gasteiger partial charge in [-0.2, -0.15) is 12.6 Å². The van der Waals surface area contributed by atoms with E-state index in [1.165, 1.54) is 4.90 Å². The van der Waals surface area contributed by atoms with E-state index in [9.17, 15) is 19.6 Å². The van der Waals surface area contributed by atoms with Gasteiger partial charge in [-0.1, -0.05) is 5.18 Å². The fourth-order valence-electron chi connectivity index (χ4n) is 2.67. The van der Waals surface area contributed by atoms with Crippen molar-refractivity contribution in [2.24, 2.45) is 10.9 Å². The summed E-state index contributed by atoms with van der Waals surface area (Å²) in [6, 6.07) is -0.924. The largest absolute Gasteiger partial charge is 0.480 e. The lowest BCUT2D eigenvalue weighted by atomic mass is 9.91. The molecule has 5 N–H and O–H groups in total. The molecule has 2 atom stereocenters. The van der Waals surface area contributed by atoms with Crippen LogP contribution < -0.4 is 11.1 Å². The standard InChI is InChI=1S/C13H23N5O4S/c14-12(15)16-6-3-5-13(8-23,17-22)11(21)18-7-2-1-4-9(18)10(19)20/h9,23H,1-8H2,(H,19,20)(H4,14,15,16). The van der Waals surface area contributed by atoms with Gasteiger partial charge < -0.3 is 21.1 Å². The number of carboxylic acid groups (broad SMARTS) is 1. The zero-order valence-electron chi connectivity index (χ0n) is 12.8. The van der Waals surface area contributed by atoms with Crippen LogP contribution in [-0.2, 0) is 9.59 Å². The van der Waals surface area contributed by atoms with E-state index in [-0.39, 0.29) is 18.1 Å². The first-order valence-corrected chi connectivity index (χ1v) is 8.08. The maximum atomic E-state index is 12.8. The fraction of sp³-hybridized carbons (Fsp3) is 0.769. The number of hydrogen-bond donors (Lipinski definition) is 5. The van der Waals surface area contributed by atoms with Crippen LogP contribution in [0.4, 0.5) is 0 Å². The molecule has 1 saturated heterocycles. The van der Waals surface area contributed by atoms with Crippen LogP contribution in [0.5, 0.6) is 0 Å². The van der Waals surface area contributed by atoms with Gasteiger partial charge in [0, 0.05) is 18.8 Å². The Morgan fingerprint density at radius 3 is 2.70 bits per heavy atom. The Bertz CT molecular complexity index is 475.